The van der Waals surface area contributed by atoms with Crippen molar-refractivity contribution < 1.29 is 13.2 Å². The molecule has 1 saturated heterocycles. The molecule has 1 atom stereocenters. The van der Waals surface area contributed by atoms with Crippen molar-refractivity contribution in [1.29, 1.82) is 0 Å². The molecule has 1 aliphatic rings. The molecule has 0 saturated carbocycles. The zero-order valence-electron chi connectivity index (χ0n) is 14.3. The average Bonchev–Trinajstić information content (AvgIpc) is 2.99. The topological polar surface area (TPSA) is 84.4 Å². The van der Waals surface area contributed by atoms with Gasteiger partial charge in [-0.15, -0.1) is 0 Å². The Hall–Kier alpha value is -2.35. The molecule has 0 spiro atoms. The van der Waals surface area contributed by atoms with Crippen LogP contribution >= 0.6 is 0 Å². The van der Waals surface area contributed by atoms with Crippen LogP contribution < -0.4 is 15.0 Å². The Bertz CT molecular complexity index is 841. The molecule has 2 aromatic rings. The van der Waals surface area contributed by atoms with Gasteiger partial charge < -0.3 is 15.0 Å². The van der Waals surface area contributed by atoms with Gasteiger partial charge in [-0.1, -0.05) is 18.2 Å². The molecule has 2 heterocycles. The summed E-state index contributed by atoms with van der Waals surface area (Å²) in [4.78, 5) is 10.7. The van der Waals surface area contributed by atoms with Gasteiger partial charge in [-0.3, -0.25) is 0 Å². The number of para-hydroxylation sites is 1. The molecular weight excluding hydrogens is 340 g/mol. The standard InChI is InChI=1S/C17H22N4O3S/c1-21(14-8-10-25(22,23)12-14)16-7-9-18-17(20-16)19-11-13-5-3-4-6-15(13)24-2/h3-7,9,14H,8,10-12H2,1-2H3,(H,18,19,20). The van der Waals surface area contributed by atoms with Crippen molar-refractivity contribution in [2.45, 2.75) is 19.0 Å². The Morgan fingerprint density at radius 1 is 1.32 bits per heavy atom. The van der Waals surface area contributed by atoms with Gasteiger partial charge in [0, 0.05) is 31.4 Å². The third kappa shape index (κ3) is 4.19. The number of sulfone groups is 1. The summed E-state index contributed by atoms with van der Waals surface area (Å²) in [5.74, 6) is 2.43. The highest BCUT2D eigenvalue weighted by molar-refractivity contribution is 7.91. The van der Waals surface area contributed by atoms with Crippen molar-refractivity contribution in [3.05, 3.63) is 42.1 Å². The second-order valence-electron chi connectivity index (χ2n) is 6.07. The third-order valence-electron chi connectivity index (χ3n) is 4.39. The zero-order chi connectivity index (χ0) is 17.9. The number of nitrogens with zero attached hydrogens (tertiary/aromatic N) is 3. The van der Waals surface area contributed by atoms with Crippen molar-refractivity contribution in [1.82, 2.24) is 9.97 Å². The van der Waals surface area contributed by atoms with Gasteiger partial charge in [0.2, 0.25) is 5.95 Å². The van der Waals surface area contributed by atoms with E-state index in [1.54, 1.807) is 19.4 Å². The van der Waals surface area contributed by atoms with Gasteiger partial charge in [-0.25, -0.2) is 13.4 Å². The Labute approximate surface area is 148 Å². The van der Waals surface area contributed by atoms with Crippen molar-refractivity contribution in [3.8, 4) is 5.75 Å². The van der Waals surface area contributed by atoms with E-state index in [0.29, 0.717) is 24.7 Å². The summed E-state index contributed by atoms with van der Waals surface area (Å²) in [6.45, 7) is 0.537. The quantitative estimate of drug-likeness (QED) is 0.837. The van der Waals surface area contributed by atoms with Crippen LogP contribution in [0.3, 0.4) is 0 Å². The Morgan fingerprint density at radius 3 is 2.84 bits per heavy atom. The fraction of sp³-hybridized carbons (Fsp3) is 0.412. The maximum atomic E-state index is 11.7. The molecule has 0 amide bonds. The van der Waals surface area contributed by atoms with E-state index in [-0.39, 0.29) is 17.5 Å². The first kappa shape index (κ1) is 17.5. The molecule has 25 heavy (non-hydrogen) atoms. The molecule has 0 radical (unpaired) electrons. The number of rotatable bonds is 6. The SMILES string of the molecule is COc1ccccc1CNc1nccc(N(C)C2CCS(=O)(=O)C2)n1. The summed E-state index contributed by atoms with van der Waals surface area (Å²) in [6.07, 6.45) is 2.31. The molecule has 134 valence electrons. The summed E-state index contributed by atoms with van der Waals surface area (Å²) >= 11 is 0. The predicted octanol–water partition coefficient (Wildman–Crippen LogP) is 1.72. The molecule has 1 N–H and O–H groups in total. The van der Waals surface area contributed by atoms with Crippen molar-refractivity contribution in [3.63, 3.8) is 0 Å². The molecular formula is C17H22N4O3S. The molecule has 0 aliphatic carbocycles. The van der Waals surface area contributed by atoms with Crippen LogP contribution in [0.25, 0.3) is 0 Å². The van der Waals surface area contributed by atoms with E-state index >= 15 is 0 Å². The van der Waals surface area contributed by atoms with Gasteiger partial charge in [-0.2, -0.15) is 4.98 Å². The normalized spacial score (nSPS) is 18.7. The maximum absolute atomic E-state index is 11.7. The number of methoxy groups -OCH3 is 1. The van der Waals surface area contributed by atoms with Crippen LogP contribution in [0.1, 0.15) is 12.0 Å². The summed E-state index contributed by atoms with van der Waals surface area (Å²) in [7, 11) is 0.585. The monoisotopic (exact) mass is 362 g/mol. The van der Waals surface area contributed by atoms with Gasteiger partial charge in [0.25, 0.3) is 0 Å². The fourth-order valence-electron chi connectivity index (χ4n) is 2.92. The molecule has 1 aliphatic heterocycles. The minimum atomic E-state index is -2.93. The van der Waals surface area contributed by atoms with Gasteiger partial charge in [-0.05, 0) is 18.6 Å². The molecule has 7 nitrogen and oxygen atoms in total. The van der Waals surface area contributed by atoms with E-state index in [1.807, 2.05) is 36.2 Å². The summed E-state index contributed by atoms with van der Waals surface area (Å²) in [5, 5.41) is 3.19. The number of aromatic nitrogens is 2. The number of nitrogens with one attached hydrogen (secondary N) is 1. The van der Waals surface area contributed by atoms with Crippen molar-refractivity contribution in [2.75, 3.05) is 35.9 Å². The summed E-state index contributed by atoms with van der Waals surface area (Å²) in [5.41, 5.74) is 1.01. The Kier molecular flexibility index (Phi) is 5.08. The minimum Gasteiger partial charge on any atom is -0.496 e. The van der Waals surface area contributed by atoms with Crippen LogP contribution in [0, 0.1) is 0 Å². The number of hydrogen-bond acceptors (Lipinski definition) is 7. The first-order valence-electron chi connectivity index (χ1n) is 8.10. The first-order chi connectivity index (χ1) is 12.0. The molecule has 1 unspecified atom stereocenters. The first-order valence-corrected chi connectivity index (χ1v) is 9.93. The predicted molar refractivity (Wildman–Crippen MR) is 97.8 cm³/mol. The lowest BCUT2D eigenvalue weighted by Gasteiger charge is -2.24. The zero-order valence-corrected chi connectivity index (χ0v) is 15.2. The van der Waals surface area contributed by atoms with Crippen LogP contribution in [0.4, 0.5) is 11.8 Å². The van der Waals surface area contributed by atoms with E-state index in [0.717, 1.165) is 11.3 Å². The molecule has 8 heteroatoms. The number of ether oxygens (including phenoxy) is 1. The molecule has 1 aromatic carbocycles. The van der Waals surface area contributed by atoms with E-state index in [4.69, 9.17) is 4.74 Å². The Morgan fingerprint density at radius 2 is 2.12 bits per heavy atom. The fourth-order valence-corrected chi connectivity index (χ4v) is 4.70. The van der Waals surface area contributed by atoms with Crippen molar-refractivity contribution in [2.24, 2.45) is 0 Å². The van der Waals surface area contributed by atoms with Crippen LogP contribution in [0.5, 0.6) is 5.75 Å². The third-order valence-corrected chi connectivity index (χ3v) is 6.14. The molecule has 1 aromatic heterocycles. The van der Waals surface area contributed by atoms with Crippen LogP contribution in [0.2, 0.25) is 0 Å². The van der Waals surface area contributed by atoms with Gasteiger partial charge in [0.1, 0.15) is 11.6 Å². The molecule has 1 fully saturated rings. The largest absolute Gasteiger partial charge is 0.496 e. The lowest BCUT2D eigenvalue weighted by atomic mass is 10.2. The molecule has 0 bridgehead atoms. The van der Waals surface area contributed by atoms with E-state index in [1.165, 1.54) is 0 Å². The summed E-state index contributed by atoms with van der Waals surface area (Å²) in [6, 6.07) is 9.50. The number of hydrogen-bond donors (Lipinski definition) is 1. The Balaban J connectivity index is 1.69. The van der Waals surface area contributed by atoms with Gasteiger partial charge >= 0.3 is 0 Å². The minimum absolute atomic E-state index is 0.0398. The second-order valence-corrected chi connectivity index (χ2v) is 8.30. The van der Waals surface area contributed by atoms with E-state index in [2.05, 4.69) is 15.3 Å². The number of benzene rings is 1. The van der Waals surface area contributed by atoms with E-state index in [9.17, 15) is 8.42 Å². The number of anilines is 2. The summed E-state index contributed by atoms with van der Waals surface area (Å²) < 4.78 is 28.7. The highest BCUT2D eigenvalue weighted by Crippen LogP contribution is 2.22. The van der Waals surface area contributed by atoms with Crippen LogP contribution in [-0.2, 0) is 16.4 Å². The lowest BCUT2D eigenvalue weighted by Crippen LogP contribution is -2.33. The maximum Gasteiger partial charge on any atom is 0.224 e. The second kappa shape index (κ2) is 7.26. The highest BCUT2D eigenvalue weighted by atomic mass is 32.2. The van der Waals surface area contributed by atoms with Crippen LogP contribution in [-0.4, -0.2) is 50.1 Å². The molecule has 3 rings (SSSR count). The average molecular weight is 362 g/mol. The van der Waals surface area contributed by atoms with Gasteiger partial charge in [0.15, 0.2) is 9.84 Å². The van der Waals surface area contributed by atoms with Gasteiger partial charge in [0.05, 0.1) is 18.6 Å². The van der Waals surface area contributed by atoms with Crippen molar-refractivity contribution >= 4 is 21.6 Å². The van der Waals surface area contributed by atoms with Crippen LogP contribution in [0.15, 0.2) is 36.5 Å². The lowest BCUT2D eigenvalue weighted by molar-refractivity contribution is 0.410. The smallest absolute Gasteiger partial charge is 0.224 e. The van der Waals surface area contributed by atoms with E-state index < -0.39 is 9.84 Å². The highest BCUT2D eigenvalue weighted by Gasteiger charge is 2.31.